The lowest BCUT2D eigenvalue weighted by atomic mass is 9.87. The van der Waals surface area contributed by atoms with Gasteiger partial charge >= 0.3 is 0 Å². The van der Waals surface area contributed by atoms with E-state index in [0.29, 0.717) is 28.5 Å². The fraction of sp³-hybridized carbons (Fsp3) is 0.357. The van der Waals surface area contributed by atoms with Gasteiger partial charge in [0.05, 0.1) is 24.2 Å². The van der Waals surface area contributed by atoms with Gasteiger partial charge in [-0.3, -0.25) is 4.79 Å². The predicted octanol–water partition coefficient (Wildman–Crippen LogP) is 4.56. The van der Waals surface area contributed by atoms with Crippen LogP contribution in [0.15, 0.2) is 48.8 Å². The van der Waals surface area contributed by atoms with Gasteiger partial charge in [0.15, 0.2) is 5.65 Å². The summed E-state index contributed by atoms with van der Waals surface area (Å²) in [4.78, 5) is 21.7. The van der Waals surface area contributed by atoms with E-state index in [9.17, 15) is 4.79 Å². The molecule has 1 amide bonds. The van der Waals surface area contributed by atoms with Crippen LogP contribution in [0.1, 0.15) is 55.6 Å². The van der Waals surface area contributed by atoms with Crippen LogP contribution in [0.25, 0.3) is 22.3 Å². The first-order chi connectivity index (χ1) is 17.8. The predicted molar refractivity (Wildman–Crippen MR) is 146 cm³/mol. The van der Waals surface area contributed by atoms with Crippen molar-refractivity contribution in [2.24, 2.45) is 0 Å². The smallest absolute Gasteiger partial charge is 0.255 e. The molecule has 2 aromatic heterocycles. The van der Waals surface area contributed by atoms with Crippen molar-refractivity contribution in [1.82, 2.24) is 25.1 Å². The van der Waals surface area contributed by atoms with Gasteiger partial charge in [0.1, 0.15) is 23.6 Å². The molecule has 9 nitrogen and oxygen atoms in total. The third-order valence-electron chi connectivity index (χ3n) is 6.91. The number of carbonyl (C=O) groups excluding carboxylic acids is 1. The van der Waals surface area contributed by atoms with E-state index in [1.54, 1.807) is 7.11 Å². The summed E-state index contributed by atoms with van der Waals surface area (Å²) in [7, 11) is 1.58. The van der Waals surface area contributed by atoms with Crippen LogP contribution >= 0.6 is 0 Å². The Hall–Kier alpha value is -3.98. The van der Waals surface area contributed by atoms with Gasteiger partial charge in [0.25, 0.3) is 5.91 Å². The van der Waals surface area contributed by atoms with Gasteiger partial charge in [0, 0.05) is 11.1 Å². The first-order valence-electron chi connectivity index (χ1n) is 12.6. The monoisotopic (exact) mass is 499 g/mol. The Morgan fingerprint density at radius 2 is 1.84 bits per heavy atom. The molecule has 0 unspecified atom stereocenters. The van der Waals surface area contributed by atoms with Crippen molar-refractivity contribution in [3.8, 4) is 17.0 Å². The largest absolute Gasteiger partial charge is 0.495 e. The zero-order valence-corrected chi connectivity index (χ0v) is 21.7. The number of fused-ring (bicyclic) bond motifs is 1. The lowest BCUT2D eigenvalue weighted by molar-refractivity contribution is 0.102. The number of nitrogen functional groups attached to an aromatic ring is 1. The van der Waals surface area contributed by atoms with E-state index in [1.165, 1.54) is 11.9 Å². The van der Waals surface area contributed by atoms with Crippen molar-refractivity contribution in [1.29, 1.82) is 0 Å². The third kappa shape index (κ3) is 4.86. The van der Waals surface area contributed by atoms with E-state index < -0.39 is 0 Å². The Labute approximate surface area is 216 Å². The molecule has 2 aromatic carbocycles. The maximum Gasteiger partial charge on any atom is 0.255 e. The minimum absolute atomic E-state index is 0.0214. The molecular weight excluding hydrogens is 466 g/mol. The van der Waals surface area contributed by atoms with Crippen molar-refractivity contribution in [2.45, 2.75) is 45.1 Å². The van der Waals surface area contributed by atoms with Gasteiger partial charge in [-0.2, -0.15) is 5.10 Å². The maximum absolute atomic E-state index is 13.0. The average molecular weight is 500 g/mol. The molecule has 0 radical (unpaired) electrons. The second-order valence-electron chi connectivity index (χ2n) is 10.4. The molecule has 9 heteroatoms. The molecule has 0 spiro atoms. The SMILES string of the molecule is COc1cc(-c2nn(C3CCNCC3)c3ncnc(N)c23)ccc1NC(=O)c1ccc(C(C)(C)C)cc1. The van der Waals surface area contributed by atoms with Gasteiger partial charge in [-0.15, -0.1) is 0 Å². The summed E-state index contributed by atoms with van der Waals surface area (Å²) in [6.45, 7) is 8.30. The van der Waals surface area contributed by atoms with E-state index in [2.05, 4.69) is 41.4 Å². The molecule has 0 aliphatic carbocycles. The average Bonchev–Trinajstić information content (AvgIpc) is 3.30. The van der Waals surface area contributed by atoms with Crippen molar-refractivity contribution < 1.29 is 9.53 Å². The normalized spacial score (nSPS) is 14.6. The molecule has 0 saturated carbocycles. The third-order valence-corrected chi connectivity index (χ3v) is 6.91. The van der Waals surface area contributed by atoms with Gasteiger partial charge < -0.3 is 21.1 Å². The molecule has 37 heavy (non-hydrogen) atoms. The number of benzene rings is 2. The maximum atomic E-state index is 13.0. The van der Waals surface area contributed by atoms with E-state index in [0.717, 1.165) is 42.5 Å². The number of rotatable bonds is 5. The van der Waals surface area contributed by atoms with Gasteiger partial charge in [-0.25, -0.2) is 14.6 Å². The van der Waals surface area contributed by atoms with Crippen molar-refractivity contribution in [3.05, 3.63) is 59.9 Å². The van der Waals surface area contributed by atoms with Crippen LogP contribution in [0.5, 0.6) is 5.75 Å². The topological polar surface area (TPSA) is 120 Å². The number of anilines is 2. The summed E-state index contributed by atoms with van der Waals surface area (Å²) in [6.07, 6.45) is 3.41. The summed E-state index contributed by atoms with van der Waals surface area (Å²) < 4.78 is 7.63. The Bertz CT molecular complexity index is 1430. The summed E-state index contributed by atoms with van der Waals surface area (Å²) in [6, 6.07) is 13.5. The number of carbonyl (C=O) groups is 1. The molecule has 0 bridgehead atoms. The van der Waals surface area contributed by atoms with Crippen molar-refractivity contribution in [2.75, 3.05) is 31.2 Å². The fourth-order valence-electron chi connectivity index (χ4n) is 4.76. The molecule has 5 rings (SSSR count). The number of nitrogens with zero attached hydrogens (tertiary/aromatic N) is 4. The fourth-order valence-corrected chi connectivity index (χ4v) is 4.76. The molecule has 1 saturated heterocycles. The van der Waals surface area contributed by atoms with E-state index in [-0.39, 0.29) is 17.4 Å². The quantitative estimate of drug-likeness (QED) is 0.368. The number of hydrogen-bond acceptors (Lipinski definition) is 7. The number of nitrogens with two attached hydrogens (primary N) is 1. The second-order valence-corrected chi connectivity index (χ2v) is 10.4. The molecule has 3 heterocycles. The summed E-state index contributed by atoms with van der Waals surface area (Å²) in [5, 5.41) is 12.0. The highest BCUT2D eigenvalue weighted by atomic mass is 16.5. The number of hydrogen-bond donors (Lipinski definition) is 3. The highest BCUT2D eigenvalue weighted by molar-refractivity contribution is 6.05. The molecular formula is C28H33N7O2. The molecule has 192 valence electrons. The van der Waals surface area contributed by atoms with E-state index in [1.807, 2.05) is 47.1 Å². The highest BCUT2D eigenvalue weighted by Gasteiger charge is 2.24. The first kappa shape index (κ1) is 24.7. The minimum Gasteiger partial charge on any atom is -0.495 e. The molecule has 1 aliphatic rings. The number of nitrogens with one attached hydrogen (secondary N) is 2. The molecule has 0 atom stereocenters. The van der Waals surface area contributed by atoms with Crippen LogP contribution in [-0.4, -0.2) is 45.9 Å². The molecule has 4 N–H and O–H groups in total. The van der Waals surface area contributed by atoms with E-state index in [4.69, 9.17) is 15.6 Å². The summed E-state index contributed by atoms with van der Waals surface area (Å²) >= 11 is 0. The summed E-state index contributed by atoms with van der Waals surface area (Å²) in [5.41, 5.74) is 10.9. The standard InChI is InChI=1S/C28H33N7O2/c1-28(2,3)19-8-5-17(6-9-19)27(36)33-21-10-7-18(15-22(21)37-4)24-23-25(29)31-16-32-26(23)35(34-24)20-11-13-30-14-12-20/h5-10,15-16,20,30H,11-14H2,1-4H3,(H,33,36)(H2,29,31,32). The van der Waals surface area contributed by atoms with E-state index >= 15 is 0 Å². The van der Waals surface area contributed by atoms with Crippen LogP contribution in [0.4, 0.5) is 11.5 Å². The number of amides is 1. The highest BCUT2D eigenvalue weighted by Crippen LogP contribution is 2.37. The van der Waals surface area contributed by atoms with Gasteiger partial charge in [-0.05, 0) is 61.2 Å². The van der Waals surface area contributed by atoms with Crippen LogP contribution in [0.3, 0.4) is 0 Å². The Morgan fingerprint density at radius 1 is 1.11 bits per heavy atom. The minimum atomic E-state index is -0.204. The Kier molecular flexibility index (Phi) is 6.55. The number of methoxy groups -OCH3 is 1. The van der Waals surface area contributed by atoms with Gasteiger partial charge in [0.2, 0.25) is 0 Å². The van der Waals surface area contributed by atoms with Crippen LogP contribution < -0.4 is 21.1 Å². The molecule has 1 aliphatic heterocycles. The number of piperidine rings is 1. The zero-order chi connectivity index (χ0) is 26.2. The van der Waals surface area contributed by atoms with Gasteiger partial charge in [-0.1, -0.05) is 39.0 Å². The van der Waals surface area contributed by atoms with Crippen LogP contribution in [0.2, 0.25) is 0 Å². The zero-order valence-electron chi connectivity index (χ0n) is 21.7. The van der Waals surface area contributed by atoms with Crippen LogP contribution in [0, 0.1) is 0 Å². The number of ether oxygens (including phenoxy) is 1. The lowest BCUT2D eigenvalue weighted by Crippen LogP contribution is -2.30. The lowest BCUT2D eigenvalue weighted by Gasteiger charge is -2.23. The number of aromatic nitrogens is 4. The Morgan fingerprint density at radius 3 is 2.51 bits per heavy atom. The second kappa shape index (κ2) is 9.82. The summed E-state index contributed by atoms with van der Waals surface area (Å²) in [5.74, 6) is 0.706. The molecule has 1 fully saturated rings. The van der Waals surface area contributed by atoms with Crippen molar-refractivity contribution >= 4 is 28.4 Å². The Balaban J connectivity index is 1.47. The van der Waals surface area contributed by atoms with Crippen molar-refractivity contribution in [3.63, 3.8) is 0 Å². The molecule has 4 aromatic rings. The first-order valence-corrected chi connectivity index (χ1v) is 12.6. The van der Waals surface area contributed by atoms with Crippen LogP contribution in [-0.2, 0) is 5.41 Å².